The summed E-state index contributed by atoms with van der Waals surface area (Å²) in [4.78, 5) is 16.7. The van der Waals surface area contributed by atoms with Crippen LogP contribution in [-0.4, -0.2) is 61.9 Å². The number of aliphatic hydroxyl groups is 1. The smallest absolute Gasteiger partial charge is 0.396 e. The summed E-state index contributed by atoms with van der Waals surface area (Å²) in [5.41, 5.74) is -1.41. The van der Waals surface area contributed by atoms with Crippen LogP contribution < -0.4 is 4.90 Å². The number of carbonyl (C=O) groups is 1. The van der Waals surface area contributed by atoms with Crippen LogP contribution in [0, 0.1) is 28.6 Å². The van der Waals surface area contributed by atoms with E-state index in [1.54, 1.807) is 6.07 Å². The molecule has 2 unspecified atom stereocenters. The molecule has 3 fully saturated rings. The summed E-state index contributed by atoms with van der Waals surface area (Å²) in [6.45, 7) is 3.02. The minimum atomic E-state index is -4.62. The third kappa shape index (κ3) is 4.11. The number of benzene rings is 1. The number of fused-ring (bicyclic) bond motifs is 1. The van der Waals surface area contributed by atoms with Crippen LogP contribution in [-0.2, 0) is 15.7 Å². The molecule has 168 valence electrons. The highest BCUT2D eigenvalue weighted by Crippen LogP contribution is 2.45. The number of nitriles is 1. The zero-order chi connectivity index (χ0) is 22.2. The molecule has 0 spiro atoms. The maximum atomic E-state index is 13.4. The van der Waals surface area contributed by atoms with E-state index in [0.29, 0.717) is 64.3 Å². The summed E-state index contributed by atoms with van der Waals surface area (Å²) < 4.78 is 45.5. The van der Waals surface area contributed by atoms with Crippen LogP contribution in [0.25, 0.3) is 0 Å². The van der Waals surface area contributed by atoms with Crippen LogP contribution in [0.4, 0.5) is 18.9 Å². The molecule has 4 rings (SSSR count). The number of hydrogen-bond acceptors (Lipinski definition) is 5. The van der Waals surface area contributed by atoms with E-state index >= 15 is 0 Å². The van der Waals surface area contributed by atoms with E-state index in [0.717, 1.165) is 6.07 Å². The number of likely N-dealkylation sites (tertiary alicyclic amines) is 1. The lowest BCUT2D eigenvalue weighted by atomic mass is 9.73. The van der Waals surface area contributed by atoms with Gasteiger partial charge in [-0.1, -0.05) is 0 Å². The number of alkyl halides is 3. The topological polar surface area (TPSA) is 76.8 Å². The third-order valence-electron chi connectivity index (χ3n) is 7.12. The molecule has 1 aromatic rings. The molecular formula is C22H26F3N3O3. The number of rotatable bonds is 3. The molecule has 0 aromatic heterocycles. The second-order valence-electron chi connectivity index (χ2n) is 8.86. The van der Waals surface area contributed by atoms with Gasteiger partial charge in [0.2, 0.25) is 5.91 Å². The number of anilines is 1. The van der Waals surface area contributed by atoms with Crippen molar-refractivity contribution in [2.45, 2.75) is 25.4 Å². The molecule has 3 heterocycles. The maximum Gasteiger partial charge on any atom is 0.417 e. The minimum Gasteiger partial charge on any atom is -0.396 e. The molecule has 3 aliphatic rings. The molecule has 1 aromatic carbocycles. The highest BCUT2D eigenvalue weighted by Gasteiger charge is 2.50. The highest BCUT2D eigenvalue weighted by atomic mass is 19.4. The quantitative estimate of drug-likeness (QED) is 0.787. The number of nitrogens with zero attached hydrogens (tertiary/aromatic N) is 3. The lowest BCUT2D eigenvalue weighted by Gasteiger charge is -2.43. The van der Waals surface area contributed by atoms with Crippen molar-refractivity contribution >= 4 is 11.6 Å². The lowest BCUT2D eigenvalue weighted by molar-refractivity contribution is -0.142. The fraction of sp³-hybridized carbons (Fsp3) is 0.636. The van der Waals surface area contributed by atoms with Crippen molar-refractivity contribution in [1.29, 1.82) is 5.26 Å². The van der Waals surface area contributed by atoms with E-state index in [2.05, 4.69) is 0 Å². The Hall–Kier alpha value is -2.31. The zero-order valence-corrected chi connectivity index (χ0v) is 17.2. The molecule has 1 amide bonds. The summed E-state index contributed by atoms with van der Waals surface area (Å²) in [6.07, 6.45) is -2.58. The van der Waals surface area contributed by atoms with Gasteiger partial charge in [-0.15, -0.1) is 0 Å². The minimum absolute atomic E-state index is 0.0278. The van der Waals surface area contributed by atoms with Gasteiger partial charge in [0.25, 0.3) is 0 Å². The van der Waals surface area contributed by atoms with E-state index in [1.807, 2.05) is 9.80 Å². The first-order valence-corrected chi connectivity index (χ1v) is 10.6. The standard InChI is InChI=1S/C22H26F3N3O3/c23-22(24,25)19-9-18(2-1-16(19)10-26)28-12-17-11-27(6-5-21(17,13-28)14-29)20(30)15-3-7-31-8-4-15/h1-2,9,15,17,29H,3-8,11-14H2. The molecule has 3 aliphatic heterocycles. The summed E-state index contributed by atoms with van der Waals surface area (Å²) in [5, 5.41) is 19.2. The molecule has 3 saturated heterocycles. The van der Waals surface area contributed by atoms with Gasteiger partial charge < -0.3 is 19.6 Å². The third-order valence-corrected chi connectivity index (χ3v) is 7.12. The highest BCUT2D eigenvalue weighted by molar-refractivity contribution is 5.79. The van der Waals surface area contributed by atoms with Crippen molar-refractivity contribution in [2.24, 2.45) is 17.3 Å². The molecule has 6 nitrogen and oxygen atoms in total. The predicted octanol–water partition coefficient (Wildman–Crippen LogP) is 2.65. The monoisotopic (exact) mass is 437 g/mol. The van der Waals surface area contributed by atoms with Crippen molar-refractivity contribution < 1.29 is 27.8 Å². The van der Waals surface area contributed by atoms with Crippen LogP contribution in [0.2, 0.25) is 0 Å². The van der Waals surface area contributed by atoms with E-state index < -0.39 is 22.7 Å². The fourth-order valence-electron chi connectivity index (χ4n) is 5.20. The van der Waals surface area contributed by atoms with Crippen molar-refractivity contribution in [3.63, 3.8) is 0 Å². The molecule has 9 heteroatoms. The van der Waals surface area contributed by atoms with Crippen molar-refractivity contribution in [2.75, 3.05) is 50.9 Å². The second-order valence-corrected chi connectivity index (χ2v) is 8.86. The molecule has 0 saturated carbocycles. The Morgan fingerprint density at radius 3 is 2.68 bits per heavy atom. The lowest BCUT2D eigenvalue weighted by Crippen LogP contribution is -2.52. The summed E-state index contributed by atoms with van der Waals surface area (Å²) in [5.74, 6) is 0.0480. The Morgan fingerprint density at radius 1 is 1.29 bits per heavy atom. The van der Waals surface area contributed by atoms with E-state index in [9.17, 15) is 23.1 Å². The normalized spacial score (nSPS) is 27.1. The van der Waals surface area contributed by atoms with Crippen LogP contribution in [0.5, 0.6) is 0 Å². The summed E-state index contributed by atoms with van der Waals surface area (Å²) in [6, 6.07) is 5.36. The number of piperidine rings is 1. The van der Waals surface area contributed by atoms with Crippen molar-refractivity contribution in [1.82, 2.24) is 4.90 Å². The number of carbonyl (C=O) groups excluding carboxylic acids is 1. The van der Waals surface area contributed by atoms with Gasteiger partial charge in [-0.2, -0.15) is 18.4 Å². The van der Waals surface area contributed by atoms with E-state index in [-0.39, 0.29) is 24.3 Å². The fourth-order valence-corrected chi connectivity index (χ4v) is 5.20. The van der Waals surface area contributed by atoms with Crippen LogP contribution >= 0.6 is 0 Å². The van der Waals surface area contributed by atoms with E-state index in [1.165, 1.54) is 12.1 Å². The van der Waals surface area contributed by atoms with Crippen LogP contribution in [0.3, 0.4) is 0 Å². The van der Waals surface area contributed by atoms with Gasteiger partial charge in [-0.05, 0) is 37.5 Å². The van der Waals surface area contributed by atoms with Crippen LogP contribution in [0.1, 0.15) is 30.4 Å². The Labute approximate surface area is 179 Å². The Kier molecular flexibility index (Phi) is 5.88. The summed E-state index contributed by atoms with van der Waals surface area (Å²) >= 11 is 0. The molecule has 0 bridgehead atoms. The first-order chi connectivity index (χ1) is 14.8. The number of halogens is 3. The number of aliphatic hydroxyl groups excluding tert-OH is 1. The summed E-state index contributed by atoms with van der Waals surface area (Å²) in [7, 11) is 0. The largest absolute Gasteiger partial charge is 0.417 e. The first-order valence-electron chi connectivity index (χ1n) is 10.6. The second kappa shape index (κ2) is 8.32. The average molecular weight is 437 g/mol. The van der Waals surface area contributed by atoms with Gasteiger partial charge in [-0.3, -0.25) is 4.79 Å². The maximum absolute atomic E-state index is 13.4. The van der Waals surface area contributed by atoms with Gasteiger partial charge in [-0.25, -0.2) is 0 Å². The van der Waals surface area contributed by atoms with Gasteiger partial charge in [0.05, 0.1) is 23.8 Å². The SMILES string of the molecule is N#Cc1ccc(N2CC3CN(C(=O)C4CCOCC4)CCC3(CO)C2)cc1C(F)(F)F. The number of amides is 1. The van der Waals surface area contributed by atoms with Gasteiger partial charge in [0.15, 0.2) is 0 Å². The molecular weight excluding hydrogens is 411 g/mol. The van der Waals surface area contributed by atoms with Crippen molar-refractivity contribution in [3.05, 3.63) is 29.3 Å². The average Bonchev–Trinajstić information content (AvgIpc) is 3.17. The molecule has 1 N–H and O–H groups in total. The van der Waals surface area contributed by atoms with Gasteiger partial charge in [0, 0.05) is 62.3 Å². The molecule has 0 aliphatic carbocycles. The predicted molar refractivity (Wildman–Crippen MR) is 106 cm³/mol. The van der Waals surface area contributed by atoms with Gasteiger partial charge in [0.1, 0.15) is 0 Å². The van der Waals surface area contributed by atoms with Crippen molar-refractivity contribution in [3.8, 4) is 6.07 Å². The zero-order valence-electron chi connectivity index (χ0n) is 17.2. The van der Waals surface area contributed by atoms with Crippen LogP contribution in [0.15, 0.2) is 18.2 Å². The Balaban J connectivity index is 1.53. The number of hydrogen-bond donors (Lipinski definition) is 1. The van der Waals surface area contributed by atoms with Gasteiger partial charge >= 0.3 is 6.18 Å². The Bertz CT molecular complexity index is 879. The number of ether oxygens (including phenoxy) is 1. The van der Waals surface area contributed by atoms with E-state index in [4.69, 9.17) is 10.00 Å². The molecule has 2 atom stereocenters. The molecule has 0 radical (unpaired) electrons. The first kappa shape index (κ1) is 21.9. The Morgan fingerprint density at radius 2 is 2.03 bits per heavy atom. The molecule has 31 heavy (non-hydrogen) atoms.